The number of para-hydroxylation sites is 1. The Balaban J connectivity index is 3.33. The monoisotopic (exact) mass is 232 g/mol. The smallest absolute Gasteiger partial charge is 0.110 e. The summed E-state index contributed by atoms with van der Waals surface area (Å²) in [5.41, 5.74) is 3.62. The second-order valence-corrected chi connectivity index (χ2v) is 5.82. The molecule has 2 heteroatoms. The Bertz CT molecular complexity index is 403. The predicted octanol–water partition coefficient (Wildman–Crippen LogP) is 3.94. The minimum Gasteiger partial charge on any atom is -0.366 e. The number of hydrogen-bond acceptors (Lipinski definition) is 1. The van der Waals surface area contributed by atoms with Crippen molar-refractivity contribution in [2.45, 2.75) is 34.6 Å². The van der Waals surface area contributed by atoms with Crippen LogP contribution in [0.1, 0.15) is 31.9 Å². The molecule has 1 aromatic rings. The molecule has 0 aliphatic rings. The maximum atomic E-state index is 4.87. The van der Waals surface area contributed by atoms with E-state index in [2.05, 4.69) is 71.8 Å². The molecule has 0 heterocycles. The van der Waals surface area contributed by atoms with Gasteiger partial charge in [-0.1, -0.05) is 39.0 Å². The topological polar surface area (TPSA) is 15.6 Å². The molecule has 2 nitrogen and oxygen atoms in total. The van der Waals surface area contributed by atoms with E-state index in [1.807, 2.05) is 0 Å². The van der Waals surface area contributed by atoms with Gasteiger partial charge in [0.25, 0.3) is 0 Å². The van der Waals surface area contributed by atoms with Gasteiger partial charge in [0.1, 0.15) is 5.84 Å². The summed E-state index contributed by atoms with van der Waals surface area (Å²) in [6.07, 6.45) is 0. The first-order chi connectivity index (χ1) is 7.73. The molecule has 0 saturated carbocycles. The second kappa shape index (κ2) is 4.91. The van der Waals surface area contributed by atoms with Crippen molar-refractivity contribution in [2.75, 3.05) is 14.1 Å². The van der Waals surface area contributed by atoms with Crippen molar-refractivity contribution < 1.29 is 0 Å². The number of hydrogen-bond donors (Lipinski definition) is 0. The Morgan fingerprint density at radius 1 is 1.06 bits per heavy atom. The van der Waals surface area contributed by atoms with Crippen LogP contribution >= 0.6 is 0 Å². The van der Waals surface area contributed by atoms with Gasteiger partial charge in [-0.05, 0) is 25.0 Å². The SMILES string of the molecule is Cc1cccc(C)c1N=C(N(C)C)C(C)(C)C. The van der Waals surface area contributed by atoms with Gasteiger partial charge in [0.15, 0.2) is 0 Å². The lowest BCUT2D eigenvalue weighted by atomic mass is 9.94. The highest BCUT2D eigenvalue weighted by Gasteiger charge is 2.21. The maximum absolute atomic E-state index is 4.87. The van der Waals surface area contributed by atoms with Crippen molar-refractivity contribution in [3.8, 4) is 0 Å². The Hall–Kier alpha value is -1.31. The van der Waals surface area contributed by atoms with Gasteiger partial charge in [-0.3, -0.25) is 0 Å². The summed E-state index contributed by atoms with van der Waals surface area (Å²) in [5.74, 6) is 1.11. The van der Waals surface area contributed by atoms with Crippen LogP contribution in [0.25, 0.3) is 0 Å². The number of aliphatic imine (C=N–C) groups is 1. The van der Waals surface area contributed by atoms with E-state index < -0.39 is 0 Å². The third-order valence-electron chi connectivity index (χ3n) is 2.75. The van der Waals surface area contributed by atoms with Crippen LogP contribution in [-0.4, -0.2) is 24.8 Å². The van der Waals surface area contributed by atoms with E-state index in [1.54, 1.807) is 0 Å². The molecule has 0 saturated heterocycles. The summed E-state index contributed by atoms with van der Waals surface area (Å²) in [7, 11) is 4.11. The average molecular weight is 232 g/mol. The molecule has 17 heavy (non-hydrogen) atoms. The molecule has 0 fully saturated rings. The maximum Gasteiger partial charge on any atom is 0.110 e. The van der Waals surface area contributed by atoms with Crippen LogP contribution in [0, 0.1) is 19.3 Å². The van der Waals surface area contributed by atoms with Crippen molar-refractivity contribution in [2.24, 2.45) is 10.4 Å². The van der Waals surface area contributed by atoms with Crippen LogP contribution in [0.15, 0.2) is 23.2 Å². The molecule has 0 aliphatic carbocycles. The lowest BCUT2D eigenvalue weighted by Gasteiger charge is -2.28. The summed E-state index contributed by atoms with van der Waals surface area (Å²) >= 11 is 0. The fourth-order valence-electron chi connectivity index (χ4n) is 2.03. The molecule has 0 spiro atoms. The number of nitrogens with zero attached hydrogens (tertiary/aromatic N) is 2. The fraction of sp³-hybridized carbons (Fsp3) is 0.533. The molecule has 94 valence electrons. The zero-order chi connectivity index (χ0) is 13.2. The number of benzene rings is 1. The lowest BCUT2D eigenvalue weighted by molar-refractivity contribution is 0.481. The largest absolute Gasteiger partial charge is 0.366 e. The van der Waals surface area contributed by atoms with Gasteiger partial charge in [0, 0.05) is 19.5 Å². The number of aryl methyl sites for hydroxylation is 2. The van der Waals surface area contributed by atoms with Crippen LogP contribution < -0.4 is 0 Å². The molecule has 1 aromatic carbocycles. The highest BCUT2D eigenvalue weighted by molar-refractivity contribution is 5.89. The molecule has 0 bridgehead atoms. The second-order valence-electron chi connectivity index (χ2n) is 5.82. The molecule has 0 aliphatic heterocycles. The fourth-order valence-corrected chi connectivity index (χ4v) is 2.03. The standard InChI is InChI=1S/C15H24N2/c1-11-9-8-10-12(2)13(11)16-14(17(6)7)15(3,4)5/h8-10H,1-7H3. The van der Waals surface area contributed by atoms with E-state index in [0.717, 1.165) is 11.5 Å². The van der Waals surface area contributed by atoms with Gasteiger partial charge in [-0.25, -0.2) is 4.99 Å². The Labute approximate surface area is 105 Å². The number of rotatable bonds is 1. The van der Waals surface area contributed by atoms with Gasteiger partial charge in [0.2, 0.25) is 0 Å². The van der Waals surface area contributed by atoms with Crippen LogP contribution in [0.4, 0.5) is 5.69 Å². The minimum atomic E-state index is 0.0538. The van der Waals surface area contributed by atoms with Crippen molar-refractivity contribution in [1.82, 2.24) is 4.90 Å². The first-order valence-corrected chi connectivity index (χ1v) is 6.06. The molecule has 0 amide bonds. The molecule has 0 atom stereocenters. The Morgan fingerprint density at radius 2 is 1.53 bits per heavy atom. The summed E-state index contributed by atoms with van der Waals surface area (Å²) in [6, 6.07) is 6.31. The van der Waals surface area contributed by atoms with Crippen molar-refractivity contribution in [3.05, 3.63) is 29.3 Å². The Kier molecular flexibility index (Phi) is 3.97. The summed E-state index contributed by atoms with van der Waals surface area (Å²) < 4.78 is 0. The summed E-state index contributed by atoms with van der Waals surface area (Å²) in [6.45, 7) is 10.8. The molecule has 0 radical (unpaired) electrons. The van der Waals surface area contributed by atoms with Crippen LogP contribution in [0.2, 0.25) is 0 Å². The van der Waals surface area contributed by atoms with Crippen LogP contribution in [-0.2, 0) is 0 Å². The zero-order valence-corrected chi connectivity index (χ0v) is 12.1. The molecule has 0 unspecified atom stereocenters. The molecule has 0 aromatic heterocycles. The van der Waals surface area contributed by atoms with Gasteiger partial charge in [-0.15, -0.1) is 0 Å². The molecule has 0 N–H and O–H groups in total. The van der Waals surface area contributed by atoms with Crippen LogP contribution in [0.5, 0.6) is 0 Å². The van der Waals surface area contributed by atoms with E-state index in [1.165, 1.54) is 11.1 Å². The summed E-state index contributed by atoms with van der Waals surface area (Å²) in [5, 5.41) is 0. The van der Waals surface area contributed by atoms with Gasteiger partial charge < -0.3 is 4.90 Å². The zero-order valence-electron chi connectivity index (χ0n) is 12.1. The Morgan fingerprint density at radius 3 is 1.88 bits per heavy atom. The minimum absolute atomic E-state index is 0.0538. The van der Waals surface area contributed by atoms with E-state index in [4.69, 9.17) is 4.99 Å². The van der Waals surface area contributed by atoms with E-state index in [9.17, 15) is 0 Å². The number of amidine groups is 1. The van der Waals surface area contributed by atoms with E-state index in [-0.39, 0.29) is 5.41 Å². The van der Waals surface area contributed by atoms with Gasteiger partial charge in [0.05, 0.1) is 5.69 Å². The molecular formula is C15H24N2. The van der Waals surface area contributed by atoms with Crippen molar-refractivity contribution >= 4 is 11.5 Å². The van der Waals surface area contributed by atoms with Gasteiger partial charge >= 0.3 is 0 Å². The first-order valence-electron chi connectivity index (χ1n) is 6.06. The van der Waals surface area contributed by atoms with Gasteiger partial charge in [-0.2, -0.15) is 0 Å². The van der Waals surface area contributed by atoms with Crippen LogP contribution in [0.3, 0.4) is 0 Å². The lowest BCUT2D eigenvalue weighted by Crippen LogP contribution is -2.34. The quantitative estimate of drug-likeness (QED) is 0.529. The predicted molar refractivity (Wildman–Crippen MR) is 76.2 cm³/mol. The summed E-state index contributed by atoms with van der Waals surface area (Å²) in [4.78, 5) is 6.97. The first kappa shape index (κ1) is 13.8. The highest BCUT2D eigenvalue weighted by atomic mass is 15.1. The van der Waals surface area contributed by atoms with E-state index >= 15 is 0 Å². The highest BCUT2D eigenvalue weighted by Crippen LogP contribution is 2.27. The normalized spacial score (nSPS) is 12.8. The molecule has 1 rings (SSSR count). The third-order valence-corrected chi connectivity index (χ3v) is 2.75. The van der Waals surface area contributed by atoms with Crippen molar-refractivity contribution in [3.63, 3.8) is 0 Å². The molecular weight excluding hydrogens is 208 g/mol. The average Bonchev–Trinajstić information content (AvgIpc) is 2.14. The third kappa shape index (κ3) is 3.32. The van der Waals surface area contributed by atoms with Crippen molar-refractivity contribution in [1.29, 1.82) is 0 Å². The van der Waals surface area contributed by atoms with E-state index in [0.29, 0.717) is 0 Å².